The lowest BCUT2D eigenvalue weighted by molar-refractivity contribution is 0.306. The van der Waals surface area contributed by atoms with Crippen LogP contribution in [0.25, 0.3) is 0 Å². The van der Waals surface area contributed by atoms with Crippen molar-refractivity contribution < 1.29 is 8.42 Å². The van der Waals surface area contributed by atoms with E-state index in [1.165, 1.54) is 0 Å². The van der Waals surface area contributed by atoms with Crippen molar-refractivity contribution in [3.8, 4) is 0 Å². The van der Waals surface area contributed by atoms with E-state index >= 15 is 0 Å². The summed E-state index contributed by atoms with van der Waals surface area (Å²) in [5.74, 6) is 0.420. The summed E-state index contributed by atoms with van der Waals surface area (Å²) in [6, 6.07) is 17.1. The quantitative estimate of drug-likeness (QED) is 0.933. The Labute approximate surface area is 136 Å². The van der Waals surface area contributed by atoms with Gasteiger partial charge in [0.1, 0.15) is 5.84 Å². The number of hydrogen-bond donors (Lipinski definition) is 1. The average molecular weight is 329 g/mol. The molecule has 0 bridgehead atoms. The molecule has 1 atom stereocenters. The predicted molar refractivity (Wildman–Crippen MR) is 91.0 cm³/mol. The molecule has 1 N–H and O–H groups in total. The zero-order chi connectivity index (χ0) is 16.4. The molecule has 6 heteroatoms. The molecule has 120 valence electrons. The van der Waals surface area contributed by atoms with E-state index in [-0.39, 0.29) is 6.04 Å². The van der Waals surface area contributed by atoms with Gasteiger partial charge in [-0.25, -0.2) is 8.42 Å². The van der Waals surface area contributed by atoms with Crippen LogP contribution in [0.15, 0.2) is 64.5 Å². The summed E-state index contributed by atoms with van der Waals surface area (Å²) in [5.41, 5.74) is 1.79. The van der Waals surface area contributed by atoms with Crippen molar-refractivity contribution in [2.75, 3.05) is 20.6 Å². The molecule has 1 aliphatic rings. The zero-order valence-electron chi connectivity index (χ0n) is 13.1. The van der Waals surface area contributed by atoms with Crippen molar-refractivity contribution in [2.24, 2.45) is 4.99 Å². The van der Waals surface area contributed by atoms with E-state index in [9.17, 15) is 8.42 Å². The van der Waals surface area contributed by atoms with E-state index in [4.69, 9.17) is 0 Å². The first-order valence-corrected chi connectivity index (χ1v) is 8.85. The van der Waals surface area contributed by atoms with Crippen LogP contribution in [0.1, 0.15) is 17.2 Å². The first kappa shape index (κ1) is 15.7. The lowest BCUT2D eigenvalue weighted by Crippen LogP contribution is -2.26. The third kappa shape index (κ3) is 3.13. The summed E-state index contributed by atoms with van der Waals surface area (Å²) >= 11 is 0. The molecule has 2 aromatic carbocycles. The van der Waals surface area contributed by atoms with Gasteiger partial charge >= 0.3 is 0 Å². The van der Waals surface area contributed by atoms with Crippen LogP contribution in [0.2, 0.25) is 0 Å². The molecular weight excluding hydrogens is 310 g/mol. The van der Waals surface area contributed by atoms with Crippen LogP contribution in [-0.2, 0) is 10.0 Å². The summed E-state index contributed by atoms with van der Waals surface area (Å²) < 4.78 is 26.8. The summed E-state index contributed by atoms with van der Waals surface area (Å²) in [6.45, 7) is 0.475. The molecule has 0 spiro atoms. The fourth-order valence-corrected chi connectivity index (χ4v) is 3.92. The summed E-state index contributed by atoms with van der Waals surface area (Å²) in [5, 5.41) is 0. The SMILES string of the molecule is CN(C)C(CN=C1NS(=O)(=O)c2ccccc21)c1ccccc1. The van der Waals surface area contributed by atoms with Gasteiger partial charge < -0.3 is 4.90 Å². The molecule has 2 aromatic rings. The second-order valence-corrected chi connectivity index (χ2v) is 7.33. The Morgan fingerprint density at radius 1 is 1.04 bits per heavy atom. The number of aliphatic imine (C=N–C) groups is 1. The fourth-order valence-electron chi connectivity index (χ4n) is 2.67. The number of amidine groups is 1. The first-order valence-electron chi connectivity index (χ1n) is 7.37. The highest BCUT2D eigenvalue weighted by Gasteiger charge is 2.30. The van der Waals surface area contributed by atoms with E-state index in [0.717, 1.165) is 5.56 Å². The highest BCUT2D eigenvalue weighted by molar-refractivity contribution is 7.90. The molecular formula is C17H19N3O2S. The van der Waals surface area contributed by atoms with Crippen molar-refractivity contribution >= 4 is 15.9 Å². The molecule has 0 fully saturated rings. The molecule has 1 aliphatic heterocycles. The number of hydrogen-bond acceptors (Lipinski definition) is 4. The van der Waals surface area contributed by atoms with Gasteiger partial charge in [-0.1, -0.05) is 42.5 Å². The standard InChI is InChI=1S/C17H19N3O2S/c1-20(2)15(13-8-4-3-5-9-13)12-18-17-14-10-6-7-11-16(14)23(21,22)19-17/h3-11,15H,12H2,1-2H3,(H,18,19). The number of sulfonamides is 1. The van der Waals surface area contributed by atoms with Gasteiger partial charge in [-0.15, -0.1) is 0 Å². The normalized spacial score (nSPS) is 18.7. The summed E-state index contributed by atoms with van der Waals surface area (Å²) in [6.07, 6.45) is 0. The van der Waals surface area contributed by atoms with Crippen LogP contribution in [0.3, 0.4) is 0 Å². The van der Waals surface area contributed by atoms with Gasteiger partial charge in [0.2, 0.25) is 0 Å². The van der Waals surface area contributed by atoms with Crippen molar-refractivity contribution in [1.29, 1.82) is 0 Å². The van der Waals surface area contributed by atoms with Crippen LogP contribution >= 0.6 is 0 Å². The van der Waals surface area contributed by atoms with Crippen molar-refractivity contribution in [2.45, 2.75) is 10.9 Å². The summed E-state index contributed by atoms with van der Waals surface area (Å²) in [7, 11) is 0.499. The number of likely N-dealkylation sites (N-methyl/N-ethyl adjacent to an activating group) is 1. The molecule has 0 saturated heterocycles. The maximum atomic E-state index is 12.1. The average Bonchev–Trinajstić information content (AvgIpc) is 2.80. The highest BCUT2D eigenvalue weighted by Crippen LogP contribution is 2.24. The lowest BCUT2D eigenvalue weighted by atomic mass is 10.1. The molecule has 3 rings (SSSR count). The maximum absolute atomic E-state index is 12.1. The first-order chi connectivity index (χ1) is 11.0. The Bertz CT molecular complexity index is 830. The molecule has 0 aromatic heterocycles. The van der Waals surface area contributed by atoms with Crippen LogP contribution in [-0.4, -0.2) is 39.8 Å². The third-order valence-electron chi connectivity index (χ3n) is 3.89. The van der Waals surface area contributed by atoms with E-state index in [1.54, 1.807) is 18.2 Å². The molecule has 0 radical (unpaired) electrons. The second kappa shape index (κ2) is 6.14. The Morgan fingerprint density at radius 2 is 1.70 bits per heavy atom. The Balaban J connectivity index is 1.91. The van der Waals surface area contributed by atoms with Crippen molar-refractivity contribution in [1.82, 2.24) is 9.62 Å². The number of rotatable bonds is 4. The van der Waals surface area contributed by atoms with Crippen LogP contribution in [0.4, 0.5) is 0 Å². The van der Waals surface area contributed by atoms with Crippen LogP contribution < -0.4 is 4.72 Å². The van der Waals surface area contributed by atoms with Gasteiger partial charge in [-0.3, -0.25) is 9.71 Å². The zero-order valence-corrected chi connectivity index (χ0v) is 13.9. The van der Waals surface area contributed by atoms with Gasteiger partial charge in [0.25, 0.3) is 10.0 Å². The molecule has 1 heterocycles. The number of nitrogens with zero attached hydrogens (tertiary/aromatic N) is 2. The minimum atomic E-state index is -3.48. The minimum absolute atomic E-state index is 0.0842. The smallest absolute Gasteiger partial charge is 0.263 e. The van der Waals surface area contributed by atoms with Gasteiger partial charge in [0.15, 0.2) is 0 Å². The lowest BCUT2D eigenvalue weighted by Gasteiger charge is -2.23. The highest BCUT2D eigenvalue weighted by atomic mass is 32.2. The topological polar surface area (TPSA) is 61.8 Å². The van der Waals surface area contributed by atoms with Gasteiger partial charge in [0, 0.05) is 5.56 Å². The predicted octanol–water partition coefficient (Wildman–Crippen LogP) is 2.03. The largest absolute Gasteiger partial charge is 0.301 e. The monoisotopic (exact) mass is 329 g/mol. The van der Waals surface area contributed by atoms with Gasteiger partial charge in [-0.05, 0) is 31.8 Å². The van der Waals surface area contributed by atoms with Crippen molar-refractivity contribution in [3.63, 3.8) is 0 Å². The summed E-state index contributed by atoms with van der Waals surface area (Å²) in [4.78, 5) is 6.91. The van der Waals surface area contributed by atoms with Crippen molar-refractivity contribution in [3.05, 3.63) is 65.7 Å². The van der Waals surface area contributed by atoms with Gasteiger partial charge in [0.05, 0.1) is 17.5 Å². The molecule has 1 unspecified atom stereocenters. The maximum Gasteiger partial charge on any atom is 0.263 e. The Kier molecular flexibility index (Phi) is 4.19. The Morgan fingerprint density at radius 3 is 2.39 bits per heavy atom. The minimum Gasteiger partial charge on any atom is -0.301 e. The molecule has 0 saturated carbocycles. The third-order valence-corrected chi connectivity index (χ3v) is 5.29. The number of benzene rings is 2. The van der Waals surface area contributed by atoms with E-state index in [1.807, 2.05) is 38.4 Å². The second-order valence-electron chi connectivity index (χ2n) is 5.68. The van der Waals surface area contributed by atoms with Crippen LogP contribution in [0, 0.1) is 0 Å². The van der Waals surface area contributed by atoms with E-state index in [0.29, 0.717) is 22.8 Å². The number of nitrogens with one attached hydrogen (secondary N) is 1. The van der Waals surface area contributed by atoms with Gasteiger partial charge in [-0.2, -0.15) is 0 Å². The molecule has 5 nitrogen and oxygen atoms in total. The molecule has 0 aliphatic carbocycles. The van der Waals surface area contributed by atoms with E-state index in [2.05, 4.69) is 26.7 Å². The van der Waals surface area contributed by atoms with E-state index < -0.39 is 10.0 Å². The molecule has 23 heavy (non-hydrogen) atoms. The molecule has 0 amide bonds. The van der Waals surface area contributed by atoms with Crippen LogP contribution in [0.5, 0.6) is 0 Å². The fraction of sp³-hybridized carbons (Fsp3) is 0.235. The Hall–Kier alpha value is -2.18. The number of fused-ring (bicyclic) bond motifs is 1.